The van der Waals surface area contributed by atoms with E-state index in [1.165, 1.54) is 16.4 Å². The van der Waals surface area contributed by atoms with Crippen LogP contribution in [0.3, 0.4) is 0 Å². The lowest BCUT2D eigenvalue weighted by atomic mass is 10.2. The number of aromatic nitrogens is 4. The van der Waals surface area contributed by atoms with E-state index in [0.29, 0.717) is 16.8 Å². The first-order chi connectivity index (χ1) is 9.26. The van der Waals surface area contributed by atoms with Crippen molar-refractivity contribution in [3.8, 4) is 11.6 Å². The van der Waals surface area contributed by atoms with Crippen LogP contribution in [-0.4, -0.2) is 19.6 Å². The van der Waals surface area contributed by atoms with E-state index >= 15 is 0 Å². The molecule has 3 aromatic rings. The fourth-order valence-corrected chi connectivity index (χ4v) is 1.95. The quantitative estimate of drug-likeness (QED) is 0.689. The fourth-order valence-electron chi connectivity index (χ4n) is 1.78. The number of ether oxygens (including phenoxy) is 1. The molecule has 0 saturated carbocycles. The molecular weight excluding hydrogens is 264 g/mol. The Balaban J connectivity index is 2.02. The molecule has 0 amide bonds. The molecule has 0 unspecified atom stereocenters. The largest absolute Gasteiger partial charge is 0.439 e. The highest BCUT2D eigenvalue weighted by Gasteiger charge is 2.08. The maximum Gasteiger partial charge on any atom is 0.256 e. The summed E-state index contributed by atoms with van der Waals surface area (Å²) in [4.78, 5) is 8.04. The highest BCUT2D eigenvalue weighted by Crippen LogP contribution is 2.24. The van der Waals surface area contributed by atoms with Gasteiger partial charge >= 0.3 is 0 Å². The molecule has 2 heterocycles. The van der Waals surface area contributed by atoms with Crippen molar-refractivity contribution >= 4 is 17.4 Å². The van der Waals surface area contributed by atoms with Gasteiger partial charge in [0.15, 0.2) is 0 Å². The summed E-state index contributed by atoms with van der Waals surface area (Å²) in [6, 6.07) is 9.49. The Morgan fingerprint density at radius 3 is 3.05 bits per heavy atom. The van der Waals surface area contributed by atoms with Crippen molar-refractivity contribution in [1.82, 2.24) is 19.6 Å². The molecule has 2 aromatic heterocycles. The number of halogens is 1. The zero-order chi connectivity index (χ0) is 13.2. The molecule has 0 fully saturated rings. The van der Waals surface area contributed by atoms with Crippen molar-refractivity contribution in [3.05, 3.63) is 47.4 Å². The molecule has 0 radical (unpaired) electrons. The Hall–Kier alpha value is -2.14. The van der Waals surface area contributed by atoms with Crippen LogP contribution in [0.2, 0.25) is 5.15 Å². The fraction of sp³-hybridized carbons (Fsp3) is 0.154. The Bertz CT molecular complexity index is 725. The SMILES string of the molecule is CCc1cccc(Oc2cc(Cl)nc3ncnn23)c1. The second-order valence-corrected chi connectivity index (χ2v) is 4.38. The predicted octanol–water partition coefficient (Wildman–Crippen LogP) is 3.13. The number of aryl methyl sites for hydroxylation is 1. The number of benzene rings is 1. The van der Waals surface area contributed by atoms with Gasteiger partial charge in [-0.15, -0.1) is 0 Å². The third kappa shape index (κ3) is 2.37. The average molecular weight is 275 g/mol. The van der Waals surface area contributed by atoms with Crippen LogP contribution in [-0.2, 0) is 6.42 Å². The summed E-state index contributed by atoms with van der Waals surface area (Å²) in [6.45, 7) is 2.10. The molecule has 19 heavy (non-hydrogen) atoms. The van der Waals surface area contributed by atoms with Crippen molar-refractivity contribution in [2.24, 2.45) is 0 Å². The predicted molar refractivity (Wildman–Crippen MR) is 71.7 cm³/mol. The molecule has 1 aromatic carbocycles. The lowest BCUT2D eigenvalue weighted by molar-refractivity contribution is 0.445. The molecule has 5 nitrogen and oxygen atoms in total. The lowest BCUT2D eigenvalue weighted by Gasteiger charge is -2.08. The minimum atomic E-state index is 0.321. The molecule has 0 aliphatic rings. The molecule has 0 atom stereocenters. The van der Waals surface area contributed by atoms with Crippen molar-refractivity contribution in [3.63, 3.8) is 0 Å². The van der Waals surface area contributed by atoms with E-state index in [0.717, 1.165) is 12.2 Å². The van der Waals surface area contributed by atoms with Crippen LogP contribution < -0.4 is 4.74 Å². The number of rotatable bonds is 3. The number of hydrogen-bond donors (Lipinski definition) is 0. The summed E-state index contributed by atoms with van der Waals surface area (Å²) in [5.41, 5.74) is 1.20. The van der Waals surface area contributed by atoms with E-state index in [1.54, 1.807) is 6.07 Å². The molecule has 96 valence electrons. The van der Waals surface area contributed by atoms with Crippen LogP contribution in [0.25, 0.3) is 5.78 Å². The summed E-state index contributed by atoms with van der Waals surface area (Å²) >= 11 is 5.93. The van der Waals surface area contributed by atoms with Crippen LogP contribution >= 0.6 is 11.6 Å². The molecule has 0 aliphatic heterocycles. The Labute approximate surface area is 114 Å². The minimum Gasteiger partial charge on any atom is -0.439 e. The van der Waals surface area contributed by atoms with Gasteiger partial charge in [-0.1, -0.05) is 30.7 Å². The Morgan fingerprint density at radius 1 is 1.32 bits per heavy atom. The van der Waals surface area contributed by atoms with Crippen LogP contribution in [0.1, 0.15) is 12.5 Å². The first-order valence-corrected chi connectivity index (χ1v) is 6.27. The van der Waals surface area contributed by atoms with Crippen molar-refractivity contribution in [1.29, 1.82) is 0 Å². The van der Waals surface area contributed by atoms with Crippen LogP contribution in [0, 0.1) is 0 Å². The van der Waals surface area contributed by atoms with Crippen molar-refractivity contribution < 1.29 is 4.74 Å². The molecule has 6 heteroatoms. The van der Waals surface area contributed by atoms with Gasteiger partial charge in [0.05, 0.1) is 0 Å². The Morgan fingerprint density at radius 2 is 2.21 bits per heavy atom. The molecule has 0 spiro atoms. The zero-order valence-corrected chi connectivity index (χ0v) is 11.0. The maximum atomic E-state index is 5.93. The number of fused-ring (bicyclic) bond motifs is 1. The summed E-state index contributed by atoms with van der Waals surface area (Å²) in [7, 11) is 0. The molecule has 0 saturated heterocycles. The third-order valence-electron chi connectivity index (χ3n) is 2.72. The van der Waals surface area contributed by atoms with Gasteiger partial charge in [-0.05, 0) is 24.1 Å². The van der Waals surface area contributed by atoms with Crippen LogP contribution in [0.4, 0.5) is 0 Å². The average Bonchev–Trinajstić information content (AvgIpc) is 2.87. The second-order valence-electron chi connectivity index (χ2n) is 3.99. The molecule has 0 bridgehead atoms. The van der Waals surface area contributed by atoms with E-state index in [-0.39, 0.29) is 0 Å². The topological polar surface area (TPSA) is 52.3 Å². The van der Waals surface area contributed by atoms with Crippen LogP contribution in [0.15, 0.2) is 36.7 Å². The molecule has 3 rings (SSSR count). The monoisotopic (exact) mass is 274 g/mol. The van der Waals surface area contributed by atoms with E-state index in [2.05, 4.69) is 28.1 Å². The number of nitrogens with zero attached hydrogens (tertiary/aromatic N) is 4. The first-order valence-electron chi connectivity index (χ1n) is 5.89. The molecular formula is C13H11ClN4O. The normalized spacial score (nSPS) is 10.8. The zero-order valence-electron chi connectivity index (χ0n) is 10.2. The van der Waals surface area contributed by atoms with Crippen molar-refractivity contribution in [2.45, 2.75) is 13.3 Å². The second kappa shape index (κ2) is 4.85. The van der Waals surface area contributed by atoms with E-state index < -0.39 is 0 Å². The third-order valence-corrected chi connectivity index (χ3v) is 2.91. The summed E-state index contributed by atoms with van der Waals surface area (Å²) < 4.78 is 7.31. The van der Waals surface area contributed by atoms with Gasteiger partial charge < -0.3 is 4.74 Å². The minimum absolute atomic E-state index is 0.321. The van der Waals surface area contributed by atoms with E-state index in [4.69, 9.17) is 16.3 Å². The number of hydrogen-bond acceptors (Lipinski definition) is 4. The van der Waals surface area contributed by atoms with Gasteiger partial charge in [0, 0.05) is 6.07 Å². The maximum absolute atomic E-state index is 5.93. The van der Waals surface area contributed by atoms with Gasteiger partial charge in [0.1, 0.15) is 17.2 Å². The lowest BCUT2D eigenvalue weighted by Crippen LogP contribution is -1.98. The standard InChI is InChI=1S/C13H11ClN4O/c1-2-9-4-3-5-10(6-9)19-12-7-11(14)17-13-15-8-16-18(12)13/h3-8H,2H2,1H3. The van der Waals surface area contributed by atoms with Gasteiger partial charge in [0.2, 0.25) is 5.88 Å². The first kappa shape index (κ1) is 11.9. The van der Waals surface area contributed by atoms with Crippen molar-refractivity contribution in [2.75, 3.05) is 0 Å². The molecule has 0 aliphatic carbocycles. The molecule has 0 N–H and O–H groups in total. The van der Waals surface area contributed by atoms with Gasteiger partial charge in [-0.3, -0.25) is 0 Å². The Kier molecular flexibility index (Phi) is 3.05. The summed E-state index contributed by atoms with van der Waals surface area (Å²) in [5.74, 6) is 1.63. The van der Waals surface area contributed by atoms with E-state index in [9.17, 15) is 0 Å². The van der Waals surface area contributed by atoms with Gasteiger partial charge in [0.25, 0.3) is 5.78 Å². The highest BCUT2D eigenvalue weighted by molar-refractivity contribution is 6.29. The smallest absolute Gasteiger partial charge is 0.256 e. The van der Waals surface area contributed by atoms with Gasteiger partial charge in [-0.2, -0.15) is 19.6 Å². The summed E-state index contributed by atoms with van der Waals surface area (Å²) in [6.07, 6.45) is 2.36. The van der Waals surface area contributed by atoms with Gasteiger partial charge in [-0.25, -0.2) is 0 Å². The van der Waals surface area contributed by atoms with Crippen LogP contribution in [0.5, 0.6) is 11.6 Å². The summed E-state index contributed by atoms with van der Waals surface area (Å²) in [5, 5.41) is 4.38. The highest BCUT2D eigenvalue weighted by atomic mass is 35.5. The van der Waals surface area contributed by atoms with E-state index in [1.807, 2.05) is 18.2 Å².